The summed E-state index contributed by atoms with van der Waals surface area (Å²) in [5.74, 6) is -0.147. The summed E-state index contributed by atoms with van der Waals surface area (Å²) in [7, 11) is 0. The summed E-state index contributed by atoms with van der Waals surface area (Å²) in [6.45, 7) is 4.41. The van der Waals surface area contributed by atoms with Crippen molar-refractivity contribution in [3.63, 3.8) is 0 Å². The van der Waals surface area contributed by atoms with E-state index in [2.05, 4.69) is 9.59 Å². The number of hydrogen-bond acceptors (Lipinski definition) is 5. The summed E-state index contributed by atoms with van der Waals surface area (Å²) in [6.07, 6.45) is 0.832. The highest BCUT2D eigenvalue weighted by Gasteiger charge is 2.19. The molecule has 0 saturated heterocycles. The van der Waals surface area contributed by atoms with Gasteiger partial charge in [-0.1, -0.05) is 11.4 Å². The summed E-state index contributed by atoms with van der Waals surface area (Å²) < 4.78 is 3.71. The lowest BCUT2D eigenvalue weighted by atomic mass is 10.3. The third-order valence-electron chi connectivity index (χ3n) is 1.89. The van der Waals surface area contributed by atoms with Gasteiger partial charge >= 0.3 is 0 Å². The van der Waals surface area contributed by atoms with Gasteiger partial charge in [-0.2, -0.15) is 5.26 Å². The van der Waals surface area contributed by atoms with Crippen molar-refractivity contribution < 1.29 is 4.79 Å². The second-order valence-corrected chi connectivity index (χ2v) is 3.83. The number of amides is 1. The Balaban J connectivity index is 2.81. The number of carbonyl (C=O) groups is 1. The number of carbonyl (C=O) groups excluding carboxylic acids is 1. The molecular weight excluding hydrogens is 212 g/mol. The maximum absolute atomic E-state index is 11.9. The van der Waals surface area contributed by atoms with Gasteiger partial charge in [-0.15, -0.1) is 5.10 Å². The highest BCUT2D eigenvalue weighted by Crippen LogP contribution is 2.12. The van der Waals surface area contributed by atoms with Crippen molar-refractivity contribution in [1.29, 1.82) is 5.26 Å². The van der Waals surface area contributed by atoms with Crippen molar-refractivity contribution in [3.05, 3.63) is 10.6 Å². The number of aromatic nitrogens is 2. The van der Waals surface area contributed by atoms with Crippen molar-refractivity contribution in [3.8, 4) is 6.07 Å². The van der Waals surface area contributed by atoms with E-state index in [1.54, 1.807) is 6.92 Å². The maximum Gasteiger partial charge on any atom is 0.268 e. The maximum atomic E-state index is 11.9. The Bertz CT molecular complexity index is 382. The van der Waals surface area contributed by atoms with E-state index in [1.807, 2.05) is 13.0 Å². The monoisotopic (exact) mass is 224 g/mol. The molecule has 0 N–H and O–H groups in total. The predicted molar refractivity (Wildman–Crippen MR) is 56.5 cm³/mol. The van der Waals surface area contributed by atoms with Crippen LogP contribution in [-0.4, -0.2) is 33.5 Å². The summed E-state index contributed by atoms with van der Waals surface area (Å²) in [4.78, 5) is 14.0. The van der Waals surface area contributed by atoms with Crippen molar-refractivity contribution in [2.45, 2.75) is 20.3 Å². The minimum Gasteiger partial charge on any atom is -0.325 e. The molecule has 0 aliphatic heterocycles. The van der Waals surface area contributed by atoms with Crippen LogP contribution in [0.5, 0.6) is 0 Å². The fourth-order valence-corrected chi connectivity index (χ4v) is 1.80. The fourth-order valence-electron chi connectivity index (χ4n) is 1.18. The molecule has 6 heteroatoms. The van der Waals surface area contributed by atoms with Crippen LogP contribution in [0.2, 0.25) is 0 Å². The molecule has 0 aliphatic rings. The molecule has 0 atom stereocenters. The molecular formula is C9H12N4OS. The lowest BCUT2D eigenvalue weighted by Gasteiger charge is -2.17. The highest BCUT2D eigenvalue weighted by molar-refractivity contribution is 7.07. The van der Waals surface area contributed by atoms with Crippen molar-refractivity contribution in [2.24, 2.45) is 0 Å². The van der Waals surface area contributed by atoms with Crippen LogP contribution in [0.15, 0.2) is 0 Å². The van der Waals surface area contributed by atoms with E-state index in [4.69, 9.17) is 5.26 Å². The van der Waals surface area contributed by atoms with Crippen LogP contribution in [0.3, 0.4) is 0 Å². The van der Waals surface area contributed by atoms with E-state index >= 15 is 0 Å². The third-order valence-corrected chi connectivity index (χ3v) is 2.70. The first-order chi connectivity index (χ1) is 7.20. The van der Waals surface area contributed by atoms with Crippen LogP contribution in [0.25, 0.3) is 0 Å². The Labute approximate surface area is 92.5 Å². The molecule has 1 aromatic rings. The van der Waals surface area contributed by atoms with Gasteiger partial charge in [-0.3, -0.25) is 4.79 Å². The Morgan fingerprint density at radius 3 is 2.87 bits per heavy atom. The molecule has 0 spiro atoms. The largest absolute Gasteiger partial charge is 0.325 e. The molecule has 0 fully saturated rings. The molecule has 0 unspecified atom stereocenters. The summed E-state index contributed by atoms with van der Waals surface area (Å²) in [5, 5.41) is 12.4. The van der Waals surface area contributed by atoms with Crippen molar-refractivity contribution in [2.75, 3.05) is 13.1 Å². The van der Waals surface area contributed by atoms with Crippen LogP contribution < -0.4 is 0 Å². The molecule has 5 nitrogen and oxygen atoms in total. The minimum absolute atomic E-state index is 0.115. The van der Waals surface area contributed by atoms with Crippen LogP contribution in [-0.2, 0) is 0 Å². The average molecular weight is 224 g/mol. The Morgan fingerprint density at radius 2 is 2.40 bits per heavy atom. The quantitative estimate of drug-likeness (QED) is 0.721. The SMILES string of the molecule is CCCN(CC#N)C(=O)c1snnc1C. The smallest absolute Gasteiger partial charge is 0.268 e. The van der Waals surface area contributed by atoms with E-state index in [1.165, 1.54) is 4.90 Å². The molecule has 1 heterocycles. The van der Waals surface area contributed by atoms with Gasteiger partial charge in [0.25, 0.3) is 5.91 Å². The molecule has 0 radical (unpaired) electrons. The molecule has 0 saturated carbocycles. The number of nitriles is 1. The van der Waals surface area contributed by atoms with Crippen LogP contribution >= 0.6 is 11.5 Å². The Kier molecular flexibility index (Phi) is 4.18. The summed E-state index contributed by atoms with van der Waals surface area (Å²) in [5.41, 5.74) is 0.629. The van der Waals surface area contributed by atoms with Crippen molar-refractivity contribution >= 4 is 17.4 Å². The zero-order chi connectivity index (χ0) is 11.3. The van der Waals surface area contributed by atoms with Crippen molar-refractivity contribution in [1.82, 2.24) is 14.5 Å². The first-order valence-corrected chi connectivity index (χ1v) is 5.43. The third kappa shape index (κ3) is 2.73. The lowest BCUT2D eigenvalue weighted by Crippen LogP contribution is -2.32. The van der Waals surface area contributed by atoms with E-state index in [0.29, 0.717) is 17.1 Å². The standard InChI is InChI=1S/C9H12N4OS/c1-3-5-13(6-4-10)9(14)8-7(2)11-12-15-8/h3,5-6H2,1-2H3. The van der Waals surface area contributed by atoms with Crippen LogP contribution in [0.4, 0.5) is 0 Å². The molecule has 1 amide bonds. The topological polar surface area (TPSA) is 69.9 Å². The molecule has 1 rings (SSSR count). The van der Waals surface area contributed by atoms with E-state index in [-0.39, 0.29) is 12.5 Å². The molecule has 15 heavy (non-hydrogen) atoms. The van der Waals surface area contributed by atoms with Gasteiger partial charge in [0, 0.05) is 6.54 Å². The van der Waals surface area contributed by atoms with Gasteiger partial charge in [0.05, 0.1) is 11.8 Å². The van der Waals surface area contributed by atoms with Gasteiger partial charge < -0.3 is 4.90 Å². The van der Waals surface area contributed by atoms with Crippen LogP contribution in [0.1, 0.15) is 28.7 Å². The molecule has 80 valence electrons. The fraction of sp³-hybridized carbons (Fsp3) is 0.556. The van der Waals surface area contributed by atoms with E-state index in [0.717, 1.165) is 18.0 Å². The second-order valence-electron chi connectivity index (χ2n) is 3.07. The van der Waals surface area contributed by atoms with Gasteiger partial charge in [0.15, 0.2) is 0 Å². The molecule has 0 bridgehead atoms. The normalized spacial score (nSPS) is 9.67. The zero-order valence-corrected chi connectivity index (χ0v) is 9.54. The summed E-state index contributed by atoms with van der Waals surface area (Å²) >= 11 is 1.08. The number of hydrogen-bond donors (Lipinski definition) is 0. The lowest BCUT2D eigenvalue weighted by molar-refractivity contribution is 0.0780. The first kappa shape index (κ1) is 11.6. The van der Waals surface area contributed by atoms with Gasteiger partial charge in [0.2, 0.25) is 0 Å². The zero-order valence-electron chi connectivity index (χ0n) is 8.73. The highest BCUT2D eigenvalue weighted by atomic mass is 32.1. The van der Waals surface area contributed by atoms with Gasteiger partial charge in [-0.05, 0) is 24.9 Å². The average Bonchev–Trinajstić information content (AvgIpc) is 2.63. The predicted octanol–water partition coefficient (Wildman–Crippen LogP) is 1.22. The first-order valence-electron chi connectivity index (χ1n) is 4.65. The van der Waals surface area contributed by atoms with E-state index < -0.39 is 0 Å². The van der Waals surface area contributed by atoms with E-state index in [9.17, 15) is 4.79 Å². The Morgan fingerprint density at radius 1 is 1.67 bits per heavy atom. The molecule has 0 aromatic carbocycles. The second kappa shape index (κ2) is 5.41. The Hall–Kier alpha value is -1.48. The minimum atomic E-state index is -0.147. The summed E-state index contributed by atoms with van der Waals surface area (Å²) in [6, 6.07) is 1.98. The number of rotatable bonds is 4. The number of aryl methyl sites for hydroxylation is 1. The van der Waals surface area contributed by atoms with Gasteiger partial charge in [-0.25, -0.2) is 0 Å². The molecule has 0 aliphatic carbocycles. The van der Waals surface area contributed by atoms with Gasteiger partial charge in [0.1, 0.15) is 11.4 Å². The number of nitrogens with zero attached hydrogens (tertiary/aromatic N) is 4. The molecule has 1 aromatic heterocycles. The van der Waals surface area contributed by atoms with Crippen LogP contribution in [0, 0.1) is 18.3 Å².